The highest BCUT2D eigenvalue weighted by atomic mass is 16.6. The van der Waals surface area contributed by atoms with Gasteiger partial charge >= 0.3 is 5.97 Å². The highest BCUT2D eigenvalue weighted by molar-refractivity contribution is 5.69. The Labute approximate surface area is 313 Å². The van der Waals surface area contributed by atoms with Crippen LogP contribution in [0.25, 0.3) is 0 Å². The van der Waals surface area contributed by atoms with E-state index < -0.39 is 6.10 Å². The van der Waals surface area contributed by atoms with E-state index >= 15 is 0 Å². The molecule has 0 saturated carbocycles. The third-order valence-electron chi connectivity index (χ3n) is 7.49. The van der Waals surface area contributed by atoms with Crippen molar-refractivity contribution in [3.8, 4) is 0 Å². The molecule has 0 aliphatic rings. The quantitative estimate of drug-likeness (QED) is 0.0412. The molecule has 0 amide bonds. The van der Waals surface area contributed by atoms with Crippen molar-refractivity contribution in [2.45, 2.75) is 136 Å². The van der Waals surface area contributed by atoms with Crippen molar-refractivity contribution < 1.29 is 19.4 Å². The molecule has 0 bridgehead atoms. The molecule has 1 N–H and O–H groups in total. The topological polar surface area (TPSA) is 55.8 Å². The van der Waals surface area contributed by atoms with Crippen molar-refractivity contribution in [3.63, 3.8) is 0 Å². The van der Waals surface area contributed by atoms with Crippen molar-refractivity contribution in [1.82, 2.24) is 0 Å². The normalized spacial score (nSPS) is 13.9. The van der Waals surface area contributed by atoms with Crippen LogP contribution in [0.3, 0.4) is 0 Å². The molecular formula is C47H72O4. The van der Waals surface area contributed by atoms with Crippen LogP contribution < -0.4 is 0 Å². The summed E-state index contributed by atoms with van der Waals surface area (Å²) in [5.41, 5.74) is 0. The van der Waals surface area contributed by atoms with Gasteiger partial charge in [-0.3, -0.25) is 4.79 Å². The van der Waals surface area contributed by atoms with Gasteiger partial charge in [-0.05, 0) is 96.3 Å². The van der Waals surface area contributed by atoms with E-state index in [4.69, 9.17) is 9.47 Å². The van der Waals surface area contributed by atoms with Crippen LogP contribution in [0.2, 0.25) is 0 Å². The largest absolute Gasteiger partial charge is 0.457 e. The van der Waals surface area contributed by atoms with Gasteiger partial charge in [0.1, 0.15) is 6.10 Å². The van der Waals surface area contributed by atoms with E-state index in [1.165, 1.54) is 0 Å². The number of ether oxygens (including phenoxy) is 2. The van der Waals surface area contributed by atoms with Gasteiger partial charge in [-0.2, -0.15) is 0 Å². The van der Waals surface area contributed by atoms with E-state index in [1.807, 2.05) is 0 Å². The van der Waals surface area contributed by atoms with Gasteiger partial charge in [0.15, 0.2) is 0 Å². The standard InChI is InChI=1S/C47H72O4/c1-3-5-7-9-11-13-15-17-19-21-22-23-24-25-26-27-28-30-32-34-36-38-40-42-47(49)51-46(44-48)45-50-43-41-39-37-35-33-31-29-20-18-16-14-12-10-8-6-4-2/h5-8,11-14,17-20,22-23,25-26,28,30-31,33,37,39,46,48H,3-4,9-10,15-16,21,24,27,29,32,34-36,38,40-45H2,1-2H3/b7-5-,8-6-,13-11-,14-12-,19-17-,20-18-,23-22-,26-25-,30-28-,33-31-,39-37-. The molecule has 0 rings (SSSR count). The van der Waals surface area contributed by atoms with Crippen molar-refractivity contribution in [1.29, 1.82) is 0 Å². The molecule has 0 spiro atoms. The zero-order chi connectivity index (χ0) is 37.0. The molecule has 284 valence electrons. The molecule has 1 atom stereocenters. The Morgan fingerprint density at radius 2 is 0.824 bits per heavy atom. The second kappa shape index (κ2) is 42.7. The first-order valence-electron chi connectivity index (χ1n) is 19.8. The third kappa shape index (κ3) is 40.8. The first-order chi connectivity index (χ1) is 25.2. The summed E-state index contributed by atoms with van der Waals surface area (Å²) in [4.78, 5) is 12.2. The van der Waals surface area contributed by atoms with Crippen LogP contribution in [-0.2, 0) is 14.3 Å². The number of unbranched alkanes of at least 4 members (excludes halogenated alkanes) is 4. The molecule has 0 fully saturated rings. The molecule has 0 aromatic heterocycles. The summed E-state index contributed by atoms with van der Waals surface area (Å²) >= 11 is 0. The highest BCUT2D eigenvalue weighted by Gasteiger charge is 2.13. The van der Waals surface area contributed by atoms with Crippen molar-refractivity contribution in [2.24, 2.45) is 0 Å². The SMILES string of the molecule is CC/C=C\C/C=C\C/C=C\C/C=C\C/C=C\C/C=C\CCCCCCC(=O)OC(CO)COCC/C=C\C/C=C\C/C=C\C/C=C\C/C=C\CC. The summed E-state index contributed by atoms with van der Waals surface area (Å²) in [5.74, 6) is -0.257. The minimum Gasteiger partial charge on any atom is -0.457 e. The lowest BCUT2D eigenvalue weighted by Crippen LogP contribution is -2.27. The lowest BCUT2D eigenvalue weighted by Gasteiger charge is -2.15. The Hall–Kier alpha value is -3.47. The molecule has 0 aromatic rings. The molecule has 51 heavy (non-hydrogen) atoms. The zero-order valence-corrected chi connectivity index (χ0v) is 32.3. The zero-order valence-electron chi connectivity index (χ0n) is 32.3. The van der Waals surface area contributed by atoms with Gasteiger partial charge < -0.3 is 14.6 Å². The molecule has 0 aliphatic carbocycles. The summed E-state index contributed by atoms with van der Waals surface area (Å²) in [7, 11) is 0. The fourth-order valence-electron chi connectivity index (χ4n) is 4.63. The number of carbonyl (C=O) groups excluding carboxylic acids is 1. The molecular weight excluding hydrogens is 629 g/mol. The van der Waals surface area contributed by atoms with Gasteiger partial charge in [0.05, 0.1) is 19.8 Å². The smallest absolute Gasteiger partial charge is 0.306 e. The van der Waals surface area contributed by atoms with Gasteiger partial charge in [-0.15, -0.1) is 0 Å². The predicted octanol–water partition coefficient (Wildman–Crippen LogP) is 13.1. The van der Waals surface area contributed by atoms with Gasteiger partial charge in [0.2, 0.25) is 0 Å². The number of rotatable bonds is 34. The fraction of sp³-hybridized carbons (Fsp3) is 0.511. The number of hydrogen-bond acceptors (Lipinski definition) is 4. The van der Waals surface area contributed by atoms with Crippen molar-refractivity contribution >= 4 is 5.97 Å². The number of esters is 1. The summed E-state index contributed by atoms with van der Waals surface area (Å²) < 4.78 is 11.0. The van der Waals surface area contributed by atoms with Gasteiger partial charge in [0.25, 0.3) is 0 Å². The Balaban J connectivity index is 3.69. The maximum absolute atomic E-state index is 12.2. The van der Waals surface area contributed by atoms with E-state index in [0.29, 0.717) is 13.0 Å². The van der Waals surface area contributed by atoms with E-state index in [1.54, 1.807) is 0 Å². The van der Waals surface area contributed by atoms with Gasteiger partial charge in [-0.1, -0.05) is 160 Å². The van der Waals surface area contributed by atoms with Gasteiger partial charge in [0, 0.05) is 6.42 Å². The van der Waals surface area contributed by atoms with E-state index in [9.17, 15) is 9.90 Å². The Bertz CT molecular complexity index is 1090. The minimum atomic E-state index is -0.598. The maximum Gasteiger partial charge on any atom is 0.306 e. The summed E-state index contributed by atoms with van der Waals surface area (Å²) in [6.45, 7) is 4.84. The molecule has 1 unspecified atom stereocenters. The highest BCUT2D eigenvalue weighted by Crippen LogP contribution is 2.08. The van der Waals surface area contributed by atoms with E-state index in [2.05, 4.69) is 148 Å². The number of aliphatic hydroxyl groups excluding tert-OH is 1. The summed E-state index contributed by atoms with van der Waals surface area (Å²) in [6.07, 6.45) is 65.2. The Morgan fingerprint density at radius 1 is 0.471 bits per heavy atom. The van der Waals surface area contributed by atoms with Crippen molar-refractivity contribution in [2.75, 3.05) is 19.8 Å². The summed E-state index contributed by atoms with van der Waals surface area (Å²) in [5, 5.41) is 9.57. The van der Waals surface area contributed by atoms with Crippen LogP contribution in [0.15, 0.2) is 134 Å². The molecule has 0 aliphatic heterocycles. The second-order valence-corrected chi connectivity index (χ2v) is 12.2. The first-order valence-corrected chi connectivity index (χ1v) is 19.8. The van der Waals surface area contributed by atoms with E-state index in [-0.39, 0.29) is 19.2 Å². The predicted molar refractivity (Wildman–Crippen MR) is 223 cm³/mol. The molecule has 0 heterocycles. The first kappa shape index (κ1) is 47.5. The monoisotopic (exact) mass is 701 g/mol. The minimum absolute atomic E-state index is 0.221. The molecule has 4 heteroatoms. The lowest BCUT2D eigenvalue weighted by molar-refractivity contribution is -0.154. The summed E-state index contributed by atoms with van der Waals surface area (Å²) in [6, 6.07) is 0. The number of hydrogen-bond donors (Lipinski definition) is 1. The van der Waals surface area contributed by atoms with Crippen LogP contribution in [0.1, 0.15) is 129 Å². The second-order valence-electron chi connectivity index (χ2n) is 12.2. The van der Waals surface area contributed by atoms with Crippen LogP contribution >= 0.6 is 0 Å². The van der Waals surface area contributed by atoms with Crippen molar-refractivity contribution in [3.05, 3.63) is 134 Å². The van der Waals surface area contributed by atoms with Crippen LogP contribution in [0.5, 0.6) is 0 Å². The number of allylic oxidation sites excluding steroid dienone is 21. The Kier molecular flexibility index (Phi) is 39.8. The number of carbonyl (C=O) groups is 1. The van der Waals surface area contributed by atoms with Crippen LogP contribution in [0, 0.1) is 0 Å². The molecule has 0 radical (unpaired) electrons. The fourth-order valence-corrected chi connectivity index (χ4v) is 4.63. The van der Waals surface area contributed by atoms with Crippen LogP contribution in [-0.4, -0.2) is 37.0 Å². The lowest BCUT2D eigenvalue weighted by atomic mass is 10.1. The average Bonchev–Trinajstić information content (AvgIpc) is 3.14. The average molecular weight is 701 g/mol. The molecule has 4 nitrogen and oxygen atoms in total. The number of aliphatic hydroxyl groups is 1. The Morgan fingerprint density at radius 3 is 1.22 bits per heavy atom. The van der Waals surface area contributed by atoms with E-state index in [0.717, 1.165) is 109 Å². The molecule has 0 saturated heterocycles. The van der Waals surface area contributed by atoms with Crippen LogP contribution in [0.4, 0.5) is 0 Å². The third-order valence-corrected chi connectivity index (χ3v) is 7.49. The molecule has 0 aromatic carbocycles. The maximum atomic E-state index is 12.2. The van der Waals surface area contributed by atoms with Gasteiger partial charge in [-0.25, -0.2) is 0 Å².